The number of hydrogen-bond donors (Lipinski definition) is 1. The predicted octanol–water partition coefficient (Wildman–Crippen LogP) is 2.27. The van der Waals surface area contributed by atoms with Gasteiger partial charge >= 0.3 is 11.7 Å². The van der Waals surface area contributed by atoms with Crippen LogP contribution in [-0.4, -0.2) is 46.1 Å². The van der Waals surface area contributed by atoms with Crippen LogP contribution in [0.5, 0.6) is 0 Å². The summed E-state index contributed by atoms with van der Waals surface area (Å²) >= 11 is 1.69. The van der Waals surface area contributed by atoms with Crippen molar-refractivity contribution in [2.24, 2.45) is 0 Å². The van der Waals surface area contributed by atoms with Crippen molar-refractivity contribution < 1.29 is 14.8 Å². The Morgan fingerprint density at radius 1 is 1.60 bits per heavy atom. The van der Waals surface area contributed by atoms with E-state index in [1.165, 1.54) is 6.07 Å². The van der Waals surface area contributed by atoms with Gasteiger partial charge in [-0.05, 0) is 31.4 Å². The van der Waals surface area contributed by atoms with Crippen LogP contribution >= 0.6 is 11.8 Å². The van der Waals surface area contributed by atoms with Gasteiger partial charge in [0.15, 0.2) is 5.69 Å². The maximum absolute atomic E-state index is 11.0. The molecule has 0 spiro atoms. The van der Waals surface area contributed by atoms with Crippen molar-refractivity contribution in [2.45, 2.75) is 19.4 Å². The lowest BCUT2D eigenvalue weighted by Crippen LogP contribution is -2.31. The lowest BCUT2D eigenvalue weighted by atomic mass is 10.2. The molecule has 0 aliphatic heterocycles. The smallest absolute Gasteiger partial charge is 0.354 e. The molecule has 20 heavy (non-hydrogen) atoms. The van der Waals surface area contributed by atoms with Crippen molar-refractivity contribution in [3.05, 3.63) is 27.9 Å². The van der Waals surface area contributed by atoms with Crippen molar-refractivity contribution in [3.8, 4) is 0 Å². The van der Waals surface area contributed by atoms with Crippen LogP contribution in [0.15, 0.2) is 12.1 Å². The average Bonchev–Trinajstić information content (AvgIpc) is 2.42. The van der Waals surface area contributed by atoms with Crippen LogP contribution < -0.4 is 4.90 Å². The quantitative estimate of drug-likeness (QED) is 0.609. The van der Waals surface area contributed by atoms with Gasteiger partial charge in [0.2, 0.25) is 5.82 Å². The van der Waals surface area contributed by atoms with Crippen LogP contribution in [0, 0.1) is 10.1 Å². The molecule has 0 saturated heterocycles. The fourth-order valence-electron chi connectivity index (χ4n) is 1.65. The zero-order valence-corrected chi connectivity index (χ0v) is 12.4. The van der Waals surface area contributed by atoms with E-state index >= 15 is 0 Å². The summed E-state index contributed by atoms with van der Waals surface area (Å²) < 4.78 is 0. The third kappa shape index (κ3) is 3.83. The van der Waals surface area contributed by atoms with Crippen LogP contribution in [0.25, 0.3) is 0 Å². The third-order valence-electron chi connectivity index (χ3n) is 3.01. The first-order valence-corrected chi connectivity index (χ1v) is 7.38. The van der Waals surface area contributed by atoms with Gasteiger partial charge in [-0.3, -0.25) is 10.1 Å². The van der Waals surface area contributed by atoms with Gasteiger partial charge in [-0.15, -0.1) is 0 Å². The highest BCUT2D eigenvalue weighted by Crippen LogP contribution is 2.27. The molecule has 1 unspecified atom stereocenters. The minimum Gasteiger partial charge on any atom is -0.477 e. The van der Waals surface area contributed by atoms with Crippen LogP contribution in [0.2, 0.25) is 0 Å². The van der Waals surface area contributed by atoms with Gasteiger partial charge in [-0.1, -0.05) is 0 Å². The number of rotatable bonds is 7. The average molecular weight is 299 g/mol. The number of pyridine rings is 1. The lowest BCUT2D eigenvalue weighted by molar-refractivity contribution is -0.384. The molecule has 0 aromatic carbocycles. The molecular formula is C12H17N3O4S. The summed E-state index contributed by atoms with van der Waals surface area (Å²) in [6.07, 6.45) is 2.81. The third-order valence-corrected chi connectivity index (χ3v) is 3.65. The van der Waals surface area contributed by atoms with Crippen LogP contribution in [-0.2, 0) is 0 Å². The first kappa shape index (κ1) is 16.2. The number of thioether (sulfide) groups is 1. The number of nitrogens with zero attached hydrogens (tertiary/aromatic N) is 3. The topological polar surface area (TPSA) is 96.6 Å². The molecule has 8 heteroatoms. The molecule has 0 bridgehead atoms. The Bertz CT molecular complexity index is 509. The van der Waals surface area contributed by atoms with E-state index in [9.17, 15) is 14.9 Å². The van der Waals surface area contributed by atoms with Crippen molar-refractivity contribution in [3.63, 3.8) is 0 Å². The summed E-state index contributed by atoms with van der Waals surface area (Å²) in [6, 6.07) is 2.35. The summed E-state index contributed by atoms with van der Waals surface area (Å²) in [6.45, 7) is 1.93. The molecule has 1 atom stereocenters. The number of hydrogen-bond acceptors (Lipinski definition) is 6. The largest absolute Gasteiger partial charge is 0.477 e. The number of anilines is 1. The van der Waals surface area contributed by atoms with Crippen molar-refractivity contribution in [1.82, 2.24) is 4.98 Å². The maximum Gasteiger partial charge on any atom is 0.354 e. The van der Waals surface area contributed by atoms with Gasteiger partial charge in [0.05, 0.1) is 4.92 Å². The van der Waals surface area contributed by atoms with E-state index in [-0.39, 0.29) is 23.2 Å². The number of carbonyl (C=O) groups is 1. The molecule has 1 heterocycles. The van der Waals surface area contributed by atoms with Crippen LogP contribution in [0.4, 0.5) is 11.5 Å². The van der Waals surface area contributed by atoms with Gasteiger partial charge in [-0.2, -0.15) is 11.8 Å². The Hall–Kier alpha value is -1.83. The van der Waals surface area contributed by atoms with E-state index in [0.717, 1.165) is 18.2 Å². The molecule has 0 amide bonds. The molecule has 0 saturated carbocycles. The normalized spacial score (nSPS) is 11.9. The zero-order valence-electron chi connectivity index (χ0n) is 11.6. The Labute approximate surface area is 121 Å². The van der Waals surface area contributed by atoms with E-state index < -0.39 is 10.9 Å². The molecular weight excluding hydrogens is 282 g/mol. The molecule has 0 fully saturated rings. The Morgan fingerprint density at radius 3 is 2.75 bits per heavy atom. The van der Waals surface area contributed by atoms with Gasteiger partial charge in [0.25, 0.3) is 0 Å². The number of carboxylic acids is 1. The Balaban J connectivity index is 3.14. The minimum atomic E-state index is -1.20. The molecule has 0 radical (unpaired) electrons. The second-order valence-corrected chi connectivity index (χ2v) is 5.33. The van der Waals surface area contributed by atoms with E-state index in [0.29, 0.717) is 0 Å². The molecule has 1 aromatic heterocycles. The summed E-state index contributed by atoms with van der Waals surface area (Å²) in [5.41, 5.74) is -0.386. The Kier molecular flexibility index (Phi) is 5.75. The predicted molar refractivity (Wildman–Crippen MR) is 78.7 cm³/mol. The summed E-state index contributed by atoms with van der Waals surface area (Å²) in [7, 11) is 1.69. The maximum atomic E-state index is 11.0. The van der Waals surface area contributed by atoms with Crippen molar-refractivity contribution >= 4 is 29.2 Å². The highest BCUT2D eigenvalue weighted by molar-refractivity contribution is 7.98. The summed E-state index contributed by atoms with van der Waals surface area (Å²) in [5, 5.41) is 20.0. The highest BCUT2D eigenvalue weighted by Gasteiger charge is 2.24. The zero-order chi connectivity index (χ0) is 15.3. The van der Waals surface area contributed by atoms with Gasteiger partial charge in [0.1, 0.15) is 0 Å². The van der Waals surface area contributed by atoms with E-state index in [2.05, 4.69) is 4.98 Å². The lowest BCUT2D eigenvalue weighted by Gasteiger charge is -2.25. The monoisotopic (exact) mass is 299 g/mol. The molecule has 1 aromatic rings. The second kappa shape index (κ2) is 7.09. The van der Waals surface area contributed by atoms with Gasteiger partial charge in [-0.25, -0.2) is 9.78 Å². The van der Waals surface area contributed by atoms with E-state index in [4.69, 9.17) is 5.11 Å². The molecule has 0 aliphatic carbocycles. The number of carboxylic acid groups (broad SMARTS) is 1. The molecule has 110 valence electrons. The van der Waals surface area contributed by atoms with E-state index in [1.807, 2.05) is 13.2 Å². The van der Waals surface area contributed by atoms with Crippen molar-refractivity contribution in [1.29, 1.82) is 0 Å². The SMILES string of the molecule is CSCCC(C)N(C)c1nc(C(=O)O)ccc1[N+](=O)[O-]. The second-order valence-electron chi connectivity index (χ2n) is 4.34. The first-order chi connectivity index (χ1) is 9.38. The number of aromatic nitrogens is 1. The fourth-order valence-corrected chi connectivity index (χ4v) is 2.23. The summed E-state index contributed by atoms with van der Waals surface area (Å²) in [4.78, 5) is 27.0. The first-order valence-electron chi connectivity index (χ1n) is 5.99. The van der Waals surface area contributed by atoms with E-state index in [1.54, 1.807) is 23.7 Å². The fraction of sp³-hybridized carbons (Fsp3) is 0.500. The molecule has 1 rings (SSSR count). The van der Waals surface area contributed by atoms with Crippen LogP contribution in [0.1, 0.15) is 23.8 Å². The van der Waals surface area contributed by atoms with Crippen LogP contribution in [0.3, 0.4) is 0 Å². The minimum absolute atomic E-state index is 0.0256. The molecule has 7 nitrogen and oxygen atoms in total. The number of aromatic carboxylic acids is 1. The van der Waals surface area contributed by atoms with Gasteiger partial charge < -0.3 is 10.0 Å². The summed E-state index contributed by atoms with van der Waals surface area (Å²) in [5.74, 6) is -0.201. The van der Waals surface area contributed by atoms with Gasteiger partial charge in [0, 0.05) is 19.2 Å². The molecule has 0 aliphatic rings. The highest BCUT2D eigenvalue weighted by atomic mass is 32.2. The molecule has 1 N–H and O–H groups in total. The Morgan fingerprint density at radius 2 is 2.25 bits per heavy atom. The van der Waals surface area contributed by atoms with Crippen molar-refractivity contribution in [2.75, 3.05) is 24.0 Å². The standard InChI is InChI=1S/C12H17N3O4S/c1-8(6-7-20-3)14(2)11-10(15(18)19)5-4-9(13-11)12(16)17/h4-5,8H,6-7H2,1-3H3,(H,16,17). The number of nitro groups is 1.